The van der Waals surface area contributed by atoms with Gasteiger partial charge < -0.3 is 20.7 Å². The molecule has 31 heavy (non-hydrogen) atoms. The van der Waals surface area contributed by atoms with E-state index in [1.54, 1.807) is 14.1 Å². The molecule has 0 spiro atoms. The Kier molecular flexibility index (Phi) is 8.87. The molecule has 1 heterocycles. The molecule has 7 nitrogen and oxygen atoms in total. The summed E-state index contributed by atoms with van der Waals surface area (Å²) in [6, 6.07) is 16.4. The summed E-state index contributed by atoms with van der Waals surface area (Å²) in [6.45, 7) is 6.02. The number of carbonyl (C=O) groups is 1. The van der Waals surface area contributed by atoms with Crippen molar-refractivity contribution in [3.05, 3.63) is 70.8 Å². The molecule has 3 N–H and O–H groups in total. The predicted octanol–water partition coefficient (Wildman–Crippen LogP) is 1.79. The zero-order chi connectivity index (χ0) is 21.9. The van der Waals surface area contributed by atoms with Gasteiger partial charge in [0.2, 0.25) is 0 Å². The summed E-state index contributed by atoms with van der Waals surface area (Å²) in [4.78, 5) is 18.5. The van der Waals surface area contributed by atoms with Crippen LogP contribution in [-0.4, -0.2) is 63.7 Å². The van der Waals surface area contributed by atoms with Gasteiger partial charge in [-0.2, -0.15) is 0 Å². The van der Waals surface area contributed by atoms with Gasteiger partial charge in [0, 0.05) is 52.4 Å². The molecule has 7 heteroatoms. The molecule has 2 aromatic rings. The summed E-state index contributed by atoms with van der Waals surface area (Å²) in [5.41, 5.74) is 4.34. The number of ether oxygens (including phenoxy) is 1. The van der Waals surface area contributed by atoms with Crippen molar-refractivity contribution < 1.29 is 9.53 Å². The number of nitrogens with zero attached hydrogens (tertiary/aromatic N) is 2. The smallest absolute Gasteiger partial charge is 0.251 e. The molecular formula is C24H33N5O2. The molecular weight excluding hydrogens is 390 g/mol. The van der Waals surface area contributed by atoms with E-state index in [0.717, 1.165) is 57.3 Å². The lowest BCUT2D eigenvalue weighted by atomic mass is 10.1. The van der Waals surface area contributed by atoms with Gasteiger partial charge in [-0.1, -0.05) is 36.4 Å². The lowest BCUT2D eigenvalue weighted by molar-refractivity contribution is 0.0342. The fourth-order valence-corrected chi connectivity index (χ4v) is 3.60. The van der Waals surface area contributed by atoms with E-state index in [1.165, 1.54) is 11.1 Å². The third kappa shape index (κ3) is 7.38. The van der Waals surface area contributed by atoms with E-state index in [4.69, 9.17) is 4.74 Å². The molecule has 0 atom stereocenters. The number of hydrogen-bond acceptors (Lipinski definition) is 4. The number of benzene rings is 2. The quantitative estimate of drug-likeness (QED) is 0.446. The maximum absolute atomic E-state index is 11.8. The van der Waals surface area contributed by atoms with Gasteiger partial charge in [0.05, 0.1) is 13.2 Å². The molecule has 0 radical (unpaired) electrons. The van der Waals surface area contributed by atoms with Crippen LogP contribution in [0.4, 0.5) is 0 Å². The van der Waals surface area contributed by atoms with Gasteiger partial charge in [-0.25, -0.2) is 0 Å². The van der Waals surface area contributed by atoms with Crippen LogP contribution in [0.1, 0.15) is 27.0 Å². The van der Waals surface area contributed by atoms with Crippen molar-refractivity contribution >= 4 is 11.9 Å². The first-order chi connectivity index (χ1) is 15.2. The molecule has 166 valence electrons. The van der Waals surface area contributed by atoms with E-state index in [-0.39, 0.29) is 5.91 Å². The summed E-state index contributed by atoms with van der Waals surface area (Å²) in [7, 11) is 3.42. The van der Waals surface area contributed by atoms with Gasteiger partial charge in [-0.3, -0.25) is 14.7 Å². The van der Waals surface area contributed by atoms with Crippen molar-refractivity contribution in [3.63, 3.8) is 0 Å². The Bertz CT molecular complexity index is 878. The lowest BCUT2D eigenvalue weighted by Crippen LogP contribution is -2.38. The highest BCUT2D eigenvalue weighted by Gasteiger charge is 2.11. The van der Waals surface area contributed by atoms with E-state index >= 15 is 0 Å². The predicted molar refractivity (Wildman–Crippen MR) is 124 cm³/mol. The van der Waals surface area contributed by atoms with Crippen molar-refractivity contribution in [1.29, 1.82) is 0 Å². The van der Waals surface area contributed by atoms with Crippen molar-refractivity contribution in [2.24, 2.45) is 4.99 Å². The van der Waals surface area contributed by atoms with Crippen molar-refractivity contribution in [1.82, 2.24) is 20.9 Å². The molecule has 0 aliphatic carbocycles. The van der Waals surface area contributed by atoms with Crippen LogP contribution >= 0.6 is 0 Å². The van der Waals surface area contributed by atoms with Gasteiger partial charge >= 0.3 is 0 Å². The van der Waals surface area contributed by atoms with E-state index in [2.05, 4.69) is 50.1 Å². The van der Waals surface area contributed by atoms with Crippen molar-refractivity contribution in [3.8, 4) is 0 Å². The van der Waals surface area contributed by atoms with Gasteiger partial charge in [0.15, 0.2) is 5.96 Å². The Hall–Kier alpha value is -2.90. The molecule has 0 bridgehead atoms. The van der Waals surface area contributed by atoms with Crippen LogP contribution in [0.15, 0.2) is 53.5 Å². The Balaban J connectivity index is 1.45. The minimum absolute atomic E-state index is 0.0665. The molecule has 0 saturated carbocycles. The molecule has 0 aromatic heterocycles. The zero-order valence-corrected chi connectivity index (χ0v) is 18.5. The summed E-state index contributed by atoms with van der Waals surface area (Å²) in [6.07, 6.45) is 0.806. The third-order valence-corrected chi connectivity index (χ3v) is 5.31. The van der Waals surface area contributed by atoms with E-state index < -0.39 is 0 Å². The van der Waals surface area contributed by atoms with Gasteiger partial charge in [-0.15, -0.1) is 0 Å². The average Bonchev–Trinajstić information content (AvgIpc) is 2.82. The monoisotopic (exact) mass is 423 g/mol. The zero-order valence-electron chi connectivity index (χ0n) is 18.5. The van der Waals surface area contributed by atoms with Crippen LogP contribution < -0.4 is 16.0 Å². The fraction of sp³-hybridized carbons (Fsp3) is 0.417. The fourth-order valence-electron chi connectivity index (χ4n) is 3.60. The highest BCUT2D eigenvalue weighted by atomic mass is 16.5. The second kappa shape index (κ2) is 12.1. The van der Waals surface area contributed by atoms with E-state index in [9.17, 15) is 4.79 Å². The molecule has 1 amide bonds. The van der Waals surface area contributed by atoms with Gasteiger partial charge in [0.1, 0.15) is 0 Å². The molecule has 1 aliphatic heterocycles. The molecule has 2 aromatic carbocycles. The largest absolute Gasteiger partial charge is 0.379 e. The molecule has 3 rings (SSSR count). The maximum atomic E-state index is 11.8. The molecule has 1 fully saturated rings. The van der Waals surface area contributed by atoms with Gasteiger partial charge in [0.25, 0.3) is 5.91 Å². The molecule has 1 saturated heterocycles. The standard InChI is InChI=1S/C24H33N5O2/c1-25-23(30)22-8-4-5-19(16-22)9-10-27-24(26-2)28-17-20-6-3-7-21(15-20)18-29-11-13-31-14-12-29/h3-8,15-16H,9-14,17-18H2,1-2H3,(H,25,30)(H2,26,27,28). The number of nitrogens with one attached hydrogen (secondary N) is 3. The second-order valence-corrected chi connectivity index (χ2v) is 7.59. The highest BCUT2D eigenvalue weighted by molar-refractivity contribution is 5.94. The van der Waals surface area contributed by atoms with Gasteiger partial charge in [-0.05, 0) is 35.2 Å². The first-order valence-corrected chi connectivity index (χ1v) is 10.8. The Morgan fingerprint density at radius 3 is 2.55 bits per heavy atom. The number of hydrogen-bond donors (Lipinski definition) is 3. The van der Waals surface area contributed by atoms with Crippen LogP contribution in [0.25, 0.3) is 0 Å². The number of aliphatic imine (C=N–C) groups is 1. The maximum Gasteiger partial charge on any atom is 0.251 e. The number of rotatable bonds is 8. The number of amides is 1. The highest BCUT2D eigenvalue weighted by Crippen LogP contribution is 2.10. The van der Waals surface area contributed by atoms with Crippen molar-refractivity contribution in [2.45, 2.75) is 19.5 Å². The second-order valence-electron chi connectivity index (χ2n) is 7.59. The third-order valence-electron chi connectivity index (χ3n) is 5.31. The Labute approximate surface area is 184 Å². The minimum Gasteiger partial charge on any atom is -0.379 e. The summed E-state index contributed by atoms with van der Waals surface area (Å²) >= 11 is 0. The first kappa shape index (κ1) is 22.8. The van der Waals surface area contributed by atoms with Crippen LogP contribution in [0.3, 0.4) is 0 Å². The normalized spacial score (nSPS) is 14.8. The molecule has 1 aliphatic rings. The number of guanidine groups is 1. The summed E-state index contributed by atoms with van der Waals surface area (Å²) < 4.78 is 5.43. The summed E-state index contributed by atoms with van der Waals surface area (Å²) in [5, 5.41) is 9.39. The number of carbonyl (C=O) groups excluding carboxylic acids is 1. The van der Waals surface area contributed by atoms with Crippen LogP contribution in [0.5, 0.6) is 0 Å². The van der Waals surface area contributed by atoms with Crippen LogP contribution in [0.2, 0.25) is 0 Å². The Morgan fingerprint density at radius 1 is 1.03 bits per heavy atom. The topological polar surface area (TPSA) is 78.0 Å². The average molecular weight is 424 g/mol. The molecule has 0 unspecified atom stereocenters. The van der Waals surface area contributed by atoms with E-state index in [1.807, 2.05) is 24.3 Å². The Morgan fingerprint density at radius 2 is 1.77 bits per heavy atom. The SMILES string of the molecule is CN=C(NCCc1cccc(C(=O)NC)c1)NCc1cccc(CN2CCOCC2)c1. The summed E-state index contributed by atoms with van der Waals surface area (Å²) in [5.74, 6) is 0.698. The first-order valence-electron chi connectivity index (χ1n) is 10.8. The van der Waals surface area contributed by atoms with Crippen LogP contribution in [-0.2, 0) is 24.2 Å². The number of morpholine rings is 1. The lowest BCUT2D eigenvalue weighted by Gasteiger charge is -2.26. The van der Waals surface area contributed by atoms with E-state index in [0.29, 0.717) is 12.1 Å². The van der Waals surface area contributed by atoms with Crippen LogP contribution in [0, 0.1) is 0 Å². The minimum atomic E-state index is -0.0665. The van der Waals surface area contributed by atoms with Crippen molar-refractivity contribution in [2.75, 3.05) is 46.9 Å².